The molecule has 1 aromatic heterocycles. The fraction of sp³-hybridized carbons (Fsp3) is 0.429. The van der Waals surface area contributed by atoms with Crippen molar-refractivity contribution in [2.24, 2.45) is 0 Å². The van der Waals surface area contributed by atoms with Crippen molar-refractivity contribution in [2.45, 2.75) is 39.2 Å². The Bertz CT molecular complexity index is 523. The third kappa shape index (κ3) is 2.47. The van der Waals surface area contributed by atoms with Crippen molar-refractivity contribution < 1.29 is 9.90 Å². The van der Waals surface area contributed by atoms with Gasteiger partial charge in [-0.3, -0.25) is 4.79 Å². The standard InChI is InChI=1S/C14H16ClNO2/c1-8-7-11(14(15)16-9(8)2)13(18)10-5-3-4-6-12(10)17/h5,7,13,18H,3-4,6H2,1-2H3. The highest BCUT2D eigenvalue weighted by atomic mass is 35.5. The predicted octanol–water partition coefficient (Wildman–Crippen LogP) is 3.06. The molecule has 0 bridgehead atoms. The highest BCUT2D eigenvalue weighted by Crippen LogP contribution is 2.31. The van der Waals surface area contributed by atoms with E-state index < -0.39 is 6.10 Å². The van der Waals surface area contributed by atoms with Gasteiger partial charge in [-0.1, -0.05) is 17.7 Å². The summed E-state index contributed by atoms with van der Waals surface area (Å²) in [6.45, 7) is 3.77. The van der Waals surface area contributed by atoms with Crippen LogP contribution in [0.3, 0.4) is 0 Å². The van der Waals surface area contributed by atoms with E-state index in [2.05, 4.69) is 4.98 Å². The first-order valence-corrected chi connectivity index (χ1v) is 6.43. The van der Waals surface area contributed by atoms with Gasteiger partial charge in [-0.05, 0) is 38.3 Å². The van der Waals surface area contributed by atoms with Crippen molar-refractivity contribution >= 4 is 17.4 Å². The number of aryl methyl sites for hydroxylation is 2. The minimum absolute atomic E-state index is 0.00282. The Morgan fingerprint density at radius 1 is 1.44 bits per heavy atom. The van der Waals surface area contributed by atoms with Gasteiger partial charge in [0.15, 0.2) is 5.78 Å². The van der Waals surface area contributed by atoms with Gasteiger partial charge in [0.1, 0.15) is 11.3 Å². The Morgan fingerprint density at radius 2 is 2.17 bits per heavy atom. The summed E-state index contributed by atoms with van der Waals surface area (Å²) in [5.41, 5.74) is 2.76. The third-order valence-electron chi connectivity index (χ3n) is 3.33. The summed E-state index contributed by atoms with van der Waals surface area (Å²) in [5.74, 6) is 0.00282. The fourth-order valence-corrected chi connectivity index (χ4v) is 2.38. The molecule has 1 heterocycles. The van der Waals surface area contributed by atoms with Crippen molar-refractivity contribution in [1.82, 2.24) is 4.98 Å². The first-order valence-electron chi connectivity index (χ1n) is 6.05. The lowest BCUT2D eigenvalue weighted by Crippen LogP contribution is -2.15. The van der Waals surface area contributed by atoms with Crippen LogP contribution >= 0.6 is 11.6 Å². The van der Waals surface area contributed by atoms with Crippen LogP contribution < -0.4 is 0 Å². The maximum atomic E-state index is 11.8. The van der Waals surface area contributed by atoms with E-state index >= 15 is 0 Å². The summed E-state index contributed by atoms with van der Waals surface area (Å²) >= 11 is 6.05. The Hall–Kier alpha value is -1.19. The summed E-state index contributed by atoms with van der Waals surface area (Å²) in [6, 6.07) is 1.80. The molecule has 18 heavy (non-hydrogen) atoms. The van der Waals surface area contributed by atoms with Crippen LogP contribution in [0.25, 0.3) is 0 Å². The average Bonchev–Trinajstić information content (AvgIpc) is 2.33. The van der Waals surface area contributed by atoms with Gasteiger partial charge < -0.3 is 5.11 Å². The summed E-state index contributed by atoms with van der Waals surface area (Å²) in [4.78, 5) is 16.0. The SMILES string of the molecule is Cc1cc(C(O)C2=CCCCC2=O)c(Cl)nc1C. The van der Waals surface area contributed by atoms with Crippen molar-refractivity contribution in [1.29, 1.82) is 0 Å². The lowest BCUT2D eigenvalue weighted by Gasteiger charge is -2.19. The average molecular weight is 266 g/mol. The second kappa shape index (κ2) is 5.21. The van der Waals surface area contributed by atoms with Crippen LogP contribution in [0.1, 0.15) is 42.2 Å². The molecule has 0 spiro atoms. The van der Waals surface area contributed by atoms with Gasteiger partial charge in [-0.15, -0.1) is 0 Å². The zero-order valence-corrected chi connectivity index (χ0v) is 11.3. The Balaban J connectivity index is 2.39. The molecule has 96 valence electrons. The monoisotopic (exact) mass is 265 g/mol. The second-order valence-electron chi connectivity index (χ2n) is 4.65. The number of hydrogen-bond acceptors (Lipinski definition) is 3. The highest BCUT2D eigenvalue weighted by molar-refractivity contribution is 6.30. The summed E-state index contributed by atoms with van der Waals surface area (Å²) < 4.78 is 0. The van der Waals surface area contributed by atoms with E-state index in [0.717, 1.165) is 24.1 Å². The molecule has 0 amide bonds. The van der Waals surface area contributed by atoms with E-state index in [1.54, 1.807) is 6.07 Å². The molecule has 0 fully saturated rings. The minimum atomic E-state index is -0.961. The number of aliphatic hydroxyl groups excluding tert-OH is 1. The van der Waals surface area contributed by atoms with Crippen molar-refractivity contribution in [3.05, 3.63) is 39.7 Å². The van der Waals surface area contributed by atoms with Crippen LogP contribution in [-0.2, 0) is 4.79 Å². The normalized spacial score (nSPS) is 17.6. The smallest absolute Gasteiger partial charge is 0.161 e. The minimum Gasteiger partial charge on any atom is -0.383 e. The summed E-state index contributed by atoms with van der Waals surface area (Å²) in [5, 5.41) is 10.6. The van der Waals surface area contributed by atoms with Crippen LogP contribution in [0.4, 0.5) is 0 Å². The highest BCUT2D eigenvalue weighted by Gasteiger charge is 2.24. The number of aromatic nitrogens is 1. The van der Waals surface area contributed by atoms with Gasteiger partial charge in [0, 0.05) is 23.3 Å². The number of carbonyl (C=O) groups excluding carboxylic acids is 1. The molecule has 3 nitrogen and oxygen atoms in total. The predicted molar refractivity (Wildman–Crippen MR) is 70.6 cm³/mol. The number of nitrogens with zero attached hydrogens (tertiary/aromatic N) is 1. The van der Waals surface area contributed by atoms with E-state index in [9.17, 15) is 9.90 Å². The van der Waals surface area contributed by atoms with Gasteiger partial charge >= 0.3 is 0 Å². The molecule has 2 rings (SSSR count). The van der Waals surface area contributed by atoms with E-state index in [1.807, 2.05) is 19.9 Å². The van der Waals surface area contributed by atoms with E-state index in [-0.39, 0.29) is 10.9 Å². The number of rotatable bonds is 2. The molecule has 1 unspecified atom stereocenters. The van der Waals surface area contributed by atoms with Gasteiger partial charge in [0.25, 0.3) is 0 Å². The zero-order valence-electron chi connectivity index (χ0n) is 10.5. The maximum Gasteiger partial charge on any atom is 0.161 e. The molecule has 0 aromatic carbocycles. The molecule has 4 heteroatoms. The van der Waals surface area contributed by atoms with Crippen LogP contribution in [0, 0.1) is 13.8 Å². The van der Waals surface area contributed by atoms with Crippen molar-refractivity contribution in [2.75, 3.05) is 0 Å². The number of allylic oxidation sites excluding steroid dienone is 1. The second-order valence-corrected chi connectivity index (χ2v) is 5.01. The number of carbonyl (C=O) groups is 1. The molecule has 0 saturated carbocycles. The van der Waals surface area contributed by atoms with E-state index in [4.69, 9.17) is 11.6 Å². The van der Waals surface area contributed by atoms with Crippen LogP contribution in [0.5, 0.6) is 0 Å². The topological polar surface area (TPSA) is 50.2 Å². The first kappa shape index (κ1) is 13.2. The maximum absolute atomic E-state index is 11.8. The largest absolute Gasteiger partial charge is 0.383 e. The van der Waals surface area contributed by atoms with Gasteiger partial charge in [0.05, 0.1) is 0 Å². The summed E-state index contributed by atoms with van der Waals surface area (Å²) in [7, 11) is 0. The molecule has 1 aliphatic rings. The molecule has 1 atom stereocenters. The summed E-state index contributed by atoms with van der Waals surface area (Å²) in [6.07, 6.45) is 3.03. The molecular formula is C14H16ClNO2. The lowest BCUT2D eigenvalue weighted by atomic mass is 9.91. The Kier molecular flexibility index (Phi) is 3.83. The fourth-order valence-electron chi connectivity index (χ4n) is 2.10. The number of aliphatic hydroxyl groups is 1. The number of Topliss-reactive ketones (excluding diaryl/α,β-unsaturated/α-hetero) is 1. The van der Waals surface area contributed by atoms with Gasteiger partial charge in [-0.2, -0.15) is 0 Å². The first-order chi connectivity index (χ1) is 8.50. The number of halogens is 1. The number of ketones is 1. The quantitative estimate of drug-likeness (QED) is 0.836. The lowest BCUT2D eigenvalue weighted by molar-refractivity contribution is -0.117. The molecule has 0 aliphatic heterocycles. The molecular weight excluding hydrogens is 250 g/mol. The van der Waals surface area contributed by atoms with Gasteiger partial charge in [0.2, 0.25) is 0 Å². The third-order valence-corrected chi connectivity index (χ3v) is 3.63. The molecule has 0 radical (unpaired) electrons. The molecule has 1 aromatic rings. The van der Waals surface area contributed by atoms with Crippen molar-refractivity contribution in [3.8, 4) is 0 Å². The van der Waals surface area contributed by atoms with E-state index in [1.165, 1.54) is 0 Å². The number of pyridine rings is 1. The molecule has 0 saturated heterocycles. The van der Waals surface area contributed by atoms with E-state index in [0.29, 0.717) is 17.6 Å². The molecule has 1 N–H and O–H groups in total. The molecule has 1 aliphatic carbocycles. The number of hydrogen-bond donors (Lipinski definition) is 1. The van der Waals surface area contributed by atoms with Gasteiger partial charge in [-0.25, -0.2) is 4.98 Å². The van der Waals surface area contributed by atoms with Crippen LogP contribution in [0.2, 0.25) is 5.15 Å². The van der Waals surface area contributed by atoms with Crippen LogP contribution in [-0.4, -0.2) is 15.9 Å². The van der Waals surface area contributed by atoms with Crippen LogP contribution in [0.15, 0.2) is 17.7 Å². The van der Waals surface area contributed by atoms with Crippen molar-refractivity contribution in [3.63, 3.8) is 0 Å². The Morgan fingerprint density at radius 3 is 2.83 bits per heavy atom. The Labute approximate surface area is 111 Å². The zero-order chi connectivity index (χ0) is 13.3.